The van der Waals surface area contributed by atoms with E-state index in [0.29, 0.717) is 13.0 Å². The number of alkyl halides is 1. The van der Waals surface area contributed by atoms with Gasteiger partial charge in [-0.3, -0.25) is 14.4 Å². The number of halogens is 1. The minimum Gasteiger partial charge on any atom is -0.466 e. The standard InChI is InChI=1S/C24H35BrN2O5S/c1-4-11-26(15-9-7-6-8-10-15)22(30)20-24-12-16(25)19(33-24)17(23(31)32-5-2)18(24)21(29)27(20)14(3)13-28/h4,14-20,28H,1,5-13H2,2-3H3/t14-,16?,17+,18+,19+,20?,24?/m1/s1. The molecule has 1 aliphatic carbocycles. The van der Waals surface area contributed by atoms with Gasteiger partial charge in [-0.2, -0.15) is 0 Å². The summed E-state index contributed by atoms with van der Waals surface area (Å²) in [4.78, 5) is 44.7. The van der Waals surface area contributed by atoms with Gasteiger partial charge in [-0.15, -0.1) is 18.3 Å². The average Bonchev–Trinajstić information content (AvgIpc) is 3.40. The number of nitrogens with zero attached hydrogens (tertiary/aromatic N) is 2. The molecule has 3 saturated heterocycles. The second-order valence-electron chi connectivity index (χ2n) is 9.76. The quantitative estimate of drug-likeness (QED) is 0.288. The van der Waals surface area contributed by atoms with Crippen molar-refractivity contribution in [3.05, 3.63) is 12.7 Å². The van der Waals surface area contributed by atoms with Crippen LogP contribution in [0, 0.1) is 11.8 Å². The molecule has 4 fully saturated rings. The smallest absolute Gasteiger partial charge is 0.310 e. The highest BCUT2D eigenvalue weighted by Crippen LogP contribution is 2.68. The van der Waals surface area contributed by atoms with Crippen LogP contribution in [0.1, 0.15) is 52.4 Å². The molecule has 9 heteroatoms. The predicted octanol–water partition coefficient (Wildman–Crippen LogP) is 2.74. The van der Waals surface area contributed by atoms with Crippen LogP contribution in [0.5, 0.6) is 0 Å². The predicted molar refractivity (Wildman–Crippen MR) is 131 cm³/mol. The van der Waals surface area contributed by atoms with Crippen LogP contribution in [-0.2, 0) is 19.1 Å². The molecule has 33 heavy (non-hydrogen) atoms. The van der Waals surface area contributed by atoms with E-state index in [1.165, 1.54) is 6.42 Å². The van der Waals surface area contributed by atoms with Crippen molar-refractivity contribution in [3.8, 4) is 0 Å². The number of aliphatic hydroxyl groups is 1. The fraction of sp³-hybridized carbons (Fsp3) is 0.792. The molecule has 0 aromatic heterocycles. The Morgan fingerprint density at radius 2 is 2.09 bits per heavy atom. The van der Waals surface area contributed by atoms with Gasteiger partial charge >= 0.3 is 5.97 Å². The van der Waals surface area contributed by atoms with E-state index in [2.05, 4.69) is 22.5 Å². The number of ether oxygens (including phenoxy) is 1. The highest BCUT2D eigenvalue weighted by atomic mass is 79.9. The van der Waals surface area contributed by atoms with Crippen molar-refractivity contribution >= 4 is 45.5 Å². The molecule has 1 saturated carbocycles. The summed E-state index contributed by atoms with van der Waals surface area (Å²) in [7, 11) is 0. The van der Waals surface area contributed by atoms with Gasteiger partial charge < -0.3 is 19.6 Å². The zero-order valence-corrected chi connectivity index (χ0v) is 21.9. The third-order valence-electron chi connectivity index (χ3n) is 7.88. The van der Waals surface area contributed by atoms with Gasteiger partial charge in [0.1, 0.15) is 6.04 Å². The average molecular weight is 544 g/mol. The van der Waals surface area contributed by atoms with E-state index in [4.69, 9.17) is 4.74 Å². The van der Waals surface area contributed by atoms with E-state index in [1.54, 1.807) is 36.6 Å². The number of likely N-dealkylation sites (tertiary alicyclic amines) is 1. The van der Waals surface area contributed by atoms with Crippen LogP contribution in [0.4, 0.5) is 0 Å². The summed E-state index contributed by atoms with van der Waals surface area (Å²) >= 11 is 5.36. The van der Waals surface area contributed by atoms with Crippen LogP contribution in [-0.4, -0.2) is 85.4 Å². The van der Waals surface area contributed by atoms with Crippen LogP contribution in [0.3, 0.4) is 0 Å². The molecule has 7 atom stereocenters. The lowest BCUT2D eigenvalue weighted by Gasteiger charge is -2.42. The van der Waals surface area contributed by atoms with Crippen molar-refractivity contribution in [2.45, 2.75) is 85.3 Å². The van der Waals surface area contributed by atoms with Crippen LogP contribution in [0.15, 0.2) is 12.7 Å². The summed E-state index contributed by atoms with van der Waals surface area (Å²) in [5.41, 5.74) is 0. The summed E-state index contributed by atoms with van der Waals surface area (Å²) < 4.78 is 4.67. The number of carbonyl (C=O) groups excluding carboxylic acids is 3. The van der Waals surface area contributed by atoms with Crippen molar-refractivity contribution in [1.82, 2.24) is 9.80 Å². The Kier molecular flexibility index (Phi) is 7.51. The maximum atomic E-state index is 14.3. The first kappa shape index (κ1) is 25.0. The molecule has 2 bridgehead atoms. The zero-order valence-electron chi connectivity index (χ0n) is 19.5. The Bertz CT molecular complexity index is 806. The number of aliphatic hydroxyl groups excluding tert-OH is 1. The van der Waals surface area contributed by atoms with Gasteiger partial charge in [0.15, 0.2) is 0 Å². The Balaban J connectivity index is 1.76. The molecule has 3 aliphatic heterocycles. The lowest BCUT2D eigenvalue weighted by atomic mass is 9.71. The van der Waals surface area contributed by atoms with E-state index >= 15 is 0 Å². The molecular formula is C24H35BrN2O5S. The summed E-state index contributed by atoms with van der Waals surface area (Å²) in [5, 5.41) is 9.89. The number of esters is 1. The van der Waals surface area contributed by atoms with Gasteiger partial charge in [0, 0.05) is 22.7 Å². The number of amides is 2. The molecule has 2 amide bonds. The van der Waals surface area contributed by atoms with Crippen molar-refractivity contribution in [1.29, 1.82) is 0 Å². The van der Waals surface area contributed by atoms with Gasteiger partial charge in [-0.25, -0.2) is 0 Å². The molecule has 4 rings (SSSR count). The van der Waals surface area contributed by atoms with Crippen LogP contribution < -0.4 is 0 Å². The molecule has 3 heterocycles. The second-order valence-corrected chi connectivity index (χ2v) is 12.5. The van der Waals surface area contributed by atoms with Crippen molar-refractivity contribution < 1.29 is 24.2 Å². The first-order chi connectivity index (χ1) is 15.8. The molecule has 7 nitrogen and oxygen atoms in total. The van der Waals surface area contributed by atoms with Crippen LogP contribution in [0.25, 0.3) is 0 Å². The molecule has 0 radical (unpaired) electrons. The largest absolute Gasteiger partial charge is 0.466 e. The van der Waals surface area contributed by atoms with Crippen molar-refractivity contribution in [3.63, 3.8) is 0 Å². The minimum absolute atomic E-state index is 0.0168. The maximum absolute atomic E-state index is 14.3. The van der Waals surface area contributed by atoms with Gasteiger partial charge in [-0.05, 0) is 33.1 Å². The molecule has 1 N–H and O–H groups in total. The highest BCUT2D eigenvalue weighted by Gasteiger charge is 2.76. The summed E-state index contributed by atoms with van der Waals surface area (Å²) in [6.45, 7) is 7.87. The van der Waals surface area contributed by atoms with Crippen LogP contribution in [0.2, 0.25) is 0 Å². The summed E-state index contributed by atoms with van der Waals surface area (Å²) in [5.74, 6) is -1.84. The fourth-order valence-corrected chi connectivity index (χ4v) is 10.1. The Hall–Kier alpha value is -1.06. The van der Waals surface area contributed by atoms with Crippen molar-refractivity contribution in [2.24, 2.45) is 11.8 Å². The van der Waals surface area contributed by atoms with Gasteiger partial charge in [0.25, 0.3) is 0 Å². The van der Waals surface area contributed by atoms with E-state index in [9.17, 15) is 19.5 Å². The van der Waals surface area contributed by atoms with Crippen LogP contribution >= 0.6 is 27.7 Å². The monoisotopic (exact) mass is 542 g/mol. The number of thioether (sulfide) groups is 1. The SMILES string of the molecule is C=CCN(C(=O)C1N([C@H](C)CO)C(=O)[C@@H]2[C@H](C(=O)OCC)[C@H]3SC12CC3Br)C1CCCCC1. The van der Waals surface area contributed by atoms with E-state index in [0.717, 1.165) is 25.7 Å². The summed E-state index contributed by atoms with van der Waals surface area (Å²) in [6.07, 6.45) is 7.65. The van der Waals surface area contributed by atoms with Gasteiger partial charge in [0.2, 0.25) is 11.8 Å². The maximum Gasteiger partial charge on any atom is 0.310 e. The fourth-order valence-electron chi connectivity index (χ4n) is 6.52. The van der Waals surface area contributed by atoms with Gasteiger partial charge in [-0.1, -0.05) is 41.3 Å². The Morgan fingerprint density at radius 1 is 1.39 bits per heavy atom. The summed E-state index contributed by atoms with van der Waals surface area (Å²) in [6, 6.07) is -1.10. The molecule has 0 aromatic carbocycles. The molecule has 3 unspecified atom stereocenters. The minimum atomic E-state index is -0.714. The second kappa shape index (κ2) is 9.90. The Labute approximate surface area is 208 Å². The number of carbonyl (C=O) groups is 3. The molecule has 0 aromatic rings. The number of hydrogen-bond acceptors (Lipinski definition) is 6. The third kappa shape index (κ3) is 3.96. The highest BCUT2D eigenvalue weighted by molar-refractivity contribution is 9.09. The lowest BCUT2D eigenvalue weighted by molar-refractivity contribution is -0.154. The molecule has 4 aliphatic rings. The van der Waals surface area contributed by atoms with Crippen molar-refractivity contribution in [2.75, 3.05) is 19.8 Å². The first-order valence-corrected chi connectivity index (χ1v) is 13.9. The molecule has 184 valence electrons. The third-order valence-corrected chi connectivity index (χ3v) is 11.1. The lowest BCUT2D eigenvalue weighted by Crippen LogP contribution is -2.59. The van der Waals surface area contributed by atoms with E-state index in [-0.39, 0.29) is 47.1 Å². The normalized spacial score (nSPS) is 36.5. The number of rotatable bonds is 8. The molecule has 1 spiro atoms. The number of hydrogen-bond donors (Lipinski definition) is 1. The number of fused-ring (bicyclic) bond motifs is 1. The molecular weight excluding hydrogens is 508 g/mol. The van der Waals surface area contributed by atoms with E-state index < -0.39 is 28.7 Å². The Morgan fingerprint density at radius 3 is 2.70 bits per heavy atom. The first-order valence-electron chi connectivity index (χ1n) is 12.1. The zero-order chi connectivity index (χ0) is 23.9. The van der Waals surface area contributed by atoms with E-state index in [1.807, 2.05) is 4.90 Å². The topological polar surface area (TPSA) is 87.2 Å². The van der Waals surface area contributed by atoms with Gasteiger partial charge in [0.05, 0.1) is 35.8 Å².